The van der Waals surface area contributed by atoms with Crippen molar-refractivity contribution in [3.8, 4) is 0 Å². The van der Waals surface area contributed by atoms with E-state index in [2.05, 4.69) is 53.2 Å². The molecular formula is C24H44NO5P. The first kappa shape index (κ1) is 29.8. The minimum absolute atomic E-state index is 0.0709. The molecule has 0 aromatic heterocycles. The Morgan fingerprint density at radius 1 is 0.806 bits per heavy atom. The number of rotatable bonds is 21. The van der Waals surface area contributed by atoms with Gasteiger partial charge in [0.1, 0.15) is 0 Å². The lowest BCUT2D eigenvalue weighted by atomic mass is 10.1. The lowest BCUT2D eigenvalue weighted by Gasteiger charge is -2.06. The summed E-state index contributed by atoms with van der Waals surface area (Å²) in [5.74, 6) is 0.117. The molecule has 6 nitrogen and oxygen atoms in total. The average Bonchev–Trinajstić information content (AvgIpc) is 2.72. The molecule has 0 aliphatic carbocycles. The molecule has 0 saturated carbocycles. The topological polar surface area (TPSA) is 95.9 Å². The molecule has 0 fully saturated rings. The molecule has 0 aliphatic heterocycles. The zero-order valence-electron chi connectivity index (χ0n) is 19.3. The second kappa shape index (κ2) is 22.0. The quantitative estimate of drug-likeness (QED) is 0.106. The third-order valence-corrected chi connectivity index (χ3v) is 5.23. The maximum Gasteiger partial charge on any atom is 0.469 e. The van der Waals surface area contributed by atoms with Crippen molar-refractivity contribution in [2.24, 2.45) is 0 Å². The number of carbonyl (C=O) groups excluding carboxylic acids is 1. The second-order valence-electron chi connectivity index (χ2n) is 7.69. The normalized spacial score (nSPS) is 12.5. The van der Waals surface area contributed by atoms with Crippen molar-refractivity contribution in [3.05, 3.63) is 36.5 Å². The van der Waals surface area contributed by atoms with Crippen LogP contribution in [0.1, 0.15) is 96.8 Å². The van der Waals surface area contributed by atoms with E-state index in [4.69, 9.17) is 9.79 Å². The molecule has 0 aliphatic rings. The van der Waals surface area contributed by atoms with Crippen molar-refractivity contribution in [1.82, 2.24) is 5.32 Å². The second-order valence-corrected chi connectivity index (χ2v) is 8.93. The molecular weight excluding hydrogens is 413 g/mol. The maximum absolute atomic E-state index is 11.8. The first-order valence-corrected chi connectivity index (χ1v) is 13.4. The zero-order valence-corrected chi connectivity index (χ0v) is 20.2. The van der Waals surface area contributed by atoms with Crippen LogP contribution in [0.3, 0.4) is 0 Å². The van der Waals surface area contributed by atoms with E-state index in [0.717, 1.165) is 57.8 Å². The highest BCUT2D eigenvalue weighted by atomic mass is 31.2. The van der Waals surface area contributed by atoms with Gasteiger partial charge in [0.15, 0.2) is 0 Å². The Morgan fingerprint density at radius 2 is 1.39 bits per heavy atom. The predicted molar refractivity (Wildman–Crippen MR) is 129 cm³/mol. The maximum atomic E-state index is 11.8. The van der Waals surface area contributed by atoms with Crippen LogP contribution < -0.4 is 5.32 Å². The highest BCUT2D eigenvalue weighted by molar-refractivity contribution is 7.46. The summed E-state index contributed by atoms with van der Waals surface area (Å²) in [4.78, 5) is 28.9. The fraction of sp³-hybridized carbons (Fsp3) is 0.708. The molecule has 7 heteroatoms. The van der Waals surface area contributed by atoms with Gasteiger partial charge >= 0.3 is 7.82 Å². The molecule has 180 valence electrons. The summed E-state index contributed by atoms with van der Waals surface area (Å²) in [7, 11) is -4.34. The highest BCUT2D eigenvalue weighted by Gasteiger charge is 2.12. The Balaban J connectivity index is 3.33. The van der Waals surface area contributed by atoms with Crippen molar-refractivity contribution in [2.45, 2.75) is 96.8 Å². The Morgan fingerprint density at radius 3 is 2.10 bits per heavy atom. The molecule has 3 N–H and O–H groups in total. The van der Waals surface area contributed by atoms with E-state index in [0.29, 0.717) is 19.4 Å². The zero-order chi connectivity index (χ0) is 23.0. The van der Waals surface area contributed by atoms with Gasteiger partial charge in [0.25, 0.3) is 0 Å². The third kappa shape index (κ3) is 26.8. The first-order chi connectivity index (χ1) is 15.0. The Hall–Kier alpha value is -1.20. The van der Waals surface area contributed by atoms with Crippen LogP contribution in [0, 0.1) is 0 Å². The highest BCUT2D eigenvalue weighted by Crippen LogP contribution is 2.35. The molecule has 0 atom stereocenters. The van der Waals surface area contributed by atoms with Crippen molar-refractivity contribution in [3.63, 3.8) is 0 Å². The molecule has 0 rings (SSSR count). The molecule has 0 heterocycles. The number of nitrogens with one attached hydrogen (secondary N) is 1. The van der Waals surface area contributed by atoms with Crippen LogP contribution in [0.2, 0.25) is 0 Å². The standard InChI is InChI=1S/C24H44NO5P/c1-2-3-4-5-6-7-8-9-10-11-12-13-14-15-18-21-24(26)25-22-19-16-17-20-23-30-31(27,28)29/h3-4,6-7,9-10H,2,5,8,11-23H2,1H3,(H,25,26)(H2,27,28,29)/b4-3-,7-6-,10-9-. The van der Waals surface area contributed by atoms with Crippen LogP contribution >= 0.6 is 7.82 Å². The molecule has 31 heavy (non-hydrogen) atoms. The number of phosphoric acid groups is 1. The smallest absolute Gasteiger partial charge is 0.356 e. The predicted octanol–water partition coefficient (Wildman–Crippen LogP) is 6.36. The van der Waals surface area contributed by atoms with Crippen molar-refractivity contribution in [1.29, 1.82) is 0 Å². The van der Waals surface area contributed by atoms with Crippen LogP contribution in [0.15, 0.2) is 36.5 Å². The number of allylic oxidation sites excluding steroid dienone is 6. The van der Waals surface area contributed by atoms with E-state index in [1.807, 2.05) is 0 Å². The minimum Gasteiger partial charge on any atom is -0.356 e. The van der Waals surface area contributed by atoms with Crippen LogP contribution in [0.4, 0.5) is 0 Å². The average molecular weight is 458 g/mol. The van der Waals surface area contributed by atoms with Gasteiger partial charge in [-0.1, -0.05) is 75.5 Å². The van der Waals surface area contributed by atoms with Gasteiger partial charge in [-0.3, -0.25) is 9.32 Å². The van der Waals surface area contributed by atoms with Crippen LogP contribution in [0.5, 0.6) is 0 Å². The number of carbonyl (C=O) groups is 1. The van der Waals surface area contributed by atoms with Gasteiger partial charge < -0.3 is 15.1 Å². The summed E-state index contributed by atoms with van der Waals surface area (Å²) in [5.41, 5.74) is 0. The summed E-state index contributed by atoms with van der Waals surface area (Å²) < 4.78 is 14.9. The molecule has 1 amide bonds. The van der Waals surface area contributed by atoms with Crippen molar-refractivity contribution in [2.75, 3.05) is 13.2 Å². The van der Waals surface area contributed by atoms with Gasteiger partial charge in [-0.2, -0.15) is 0 Å². The lowest BCUT2D eigenvalue weighted by molar-refractivity contribution is -0.121. The fourth-order valence-corrected chi connectivity index (χ4v) is 3.35. The summed E-state index contributed by atoms with van der Waals surface area (Å²) in [5, 5.41) is 2.93. The lowest BCUT2D eigenvalue weighted by Crippen LogP contribution is -2.23. The van der Waals surface area contributed by atoms with Gasteiger partial charge in [0.2, 0.25) is 5.91 Å². The summed E-state index contributed by atoms with van der Waals surface area (Å²) in [6.45, 7) is 2.88. The van der Waals surface area contributed by atoms with Crippen LogP contribution in [0.25, 0.3) is 0 Å². The minimum atomic E-state index is -4.34. The van der Waals surface area contributed by atoms with E-state index in [1.54, 1.807) is 0 Å². The molecule has 0 radical (unpaired) electrons. The van der Waals surface area contributed by atoms with Crippen LogP contribution in [-0.4, -0.2) is 28.8 Å². The van der Waals surface area contributed by atoms with Gasteiger partial charge in [-0.25, -0.2) is 4.57 Å². The number of phosphoric ester groups is 1. The van der Waals surface area contributed by atoms with E-state index in [-0.39, 0.29) is 12.5 Å². The Bertz CT molecular complexity index is 554. The van der Waals surface area contributed by atoms with E-state index >= 15 is 0 Å². The third-order valence-electron chi connectivity index (χ3n) is 4.71. The van der Waals surface area contributed by atoms with E-state index in [1.165, 1.54) is 19.3 Å². The Labute approximate surface area is 189 Å². The van der Waals surface area contributed by atoms with Gasteiger partial charge in [-0.05, 0) is 51.4 Å². The summed E-state index contributed by atoms with van der Waals surface area (Å²) in [6.07, 6.45) is 27.1. The monoisotopic (exact) mass is 457 g/mol. The number of hydrogen-bond acceptors (Lipinski definition) is 3. The van der Waals surface area contributed by atoms with E-state index in [9.17, 15) is 9.36 Å². The summed E-state index contributed by atoms with van der Waals surface area (Å²) >= 11 is 0. The van der Waals surface area contributed by atoms with Crippen LogP contribution in [-0.2, 0) is 13.9 Å². The molecule has 0 aromatic rings. The van der Waals surface area contributed by atoms with Gasteiger partial charge in [0, 0.05) is 13.0 Å². The SMILES string of the molecule is CC/C=C\C/C=C\C/C=C\CCCCCCCC(=O)NCCCCCCOP(=O)(O)O. The molecule has 0 spiro atoms. The van der Waals surface area contributed by atoms with Gasteiger partial charge in [-0.15, -0.1) is 0 Å². The van der Waals surface area contributed by atoms with Gasteiger partial charge in [0.05, 0.1) is 6.61 Å². The molecule has 0 saturated heterocycles. The molecule has 0 unspecified atom stereocenters. The number of hydrogen-bond donors (Lipinski definition) is 3. The van der Waals surface area contributed by atoms with Crippen molar-refractivity contribution < 1.29 is 23.7 Å². The molecule has 0 bridgehead atoms. The fourth-order valence-electron chi connectivity index (χ4n) is 2.98. The molecule has 0 aromatic carbocycles. The van der Waals surface area contributed by atoms with E-state index < -0.39 is 7.82 Å². The number of amides is 1. The van der Waals surface area contributed by atoms with Crippen molar-refractivity contribution >= 4 is 13.7 Å². The largest absolute Gasteiger partial charge is 0.469 e. The number of unbranched alkanes of at least 4 members (excludes halogenated alkanes) is 8. The first-order valence-electron chi connectivity index (χ1n) is 11.9. The Kier molecular flexibility index (Phi) is 21.2. The summed E-state index contributed by atoms with van der Waals surface area (Å²) in [6, 6.07) is 0.